The Kier molecular flexibility index (Phi) is 6.15. The van der Waals surface area contributed by atoms with Gasteiger partial charge in [0.1, 0.15) is 0 Å². The van der Waals surface area contributed by atoms with Crippen LogP contribution in [-0.4, -0.2) is 18.4 Å². The Hall–Kier alpha value is -2.14. The fourth-order valence-electron chi connectivity index (χ4n) is 2.42. The first kappa shape index (κ1) is 18.2. The minimum atomic E-state index is -0.110. The largest absolute Gasteiger partial charge is 0.326 e. The van der Waals surface area contributed by atoms with Gasteiger partial charge in [0.2, 0.25) is 11.8 Å². The maximum Gasteiger partial charge on any atom is 0.226 e. The number of amides is 2. The Labute approximate surface area is 151 Å². The van der Waals surface area contributed by atoms with Crippen LogP contribution in [0, 0.1) is 13.8 Å². The van der Waals surface area contributed by atoms with Crippen molar-refractivity contribution in [1.82, 2.24) is 0 Å². The summed E-state index contributed by atoms with van der Waals surface area (Å²) in [5.41, 5.74) is 3.70. The minimum absolute atomic E-state index is 0.0833. The maximum absolute atomic E-state index is 12.1. The van der Waals surface area contributed by atoms with E-state index in [-0.39, 0.29) is 18.2 Å². The van der Waals surface area contributed by atoms with E-state index in [4.69, 9.17) is 0 Å². The Morgan fingerprint density at radius 1 is 1.12 bits per heavy atom. The minimum Gasteiger partial charge on any atom is -0.326 e. The van der Waals surface area contributed by atoms with Gasteiger partial charge in [-0.15, -0.1) is 0 Å². The molecule has 0 unspecified atom stereocenters. The van der Waals surface area contributed by atoms with Crippen LogP contribution in [0.5, 0.6) is 0 Å². The second-order valence-electron chi connectivity index (χ2n) is 5.77. The van der Waals surface area contributed by atoms with Gasteiger partial charge in [-0.3, -0.25) is 9.59 Å². The number of benzene rings is 2. The summed E-state index contributed by atoms with van der Waals surface area (Å²) in [6, 6.07) is 13.4. The normalized spacial score (nSPS) is 10.3. The van der Waals surface area contributed by atoms with Gasteiger partial charge in [0.15, 0.2) is 0 Å². The highest BCUT2D eigenvalue weighted by molar-refractivity contribution is 9.10. The molecule has 126 valence electrons. The summed E-state index contributed by atoms with van der Waals surface area (Å²) >= 11 is 3.45. The Morgan fingerprint density at radius 3 is 2.50 bits per heavy atom. The highest BCUT2D eigenvalue weighted by atomic mass is 79.9. The molecule has 24 heavy (non-hydrogen) atoms. The van der Waals surface area contributed by atoms with E-state index in [1.54, 1.807) is 4.90 Å². The topological polar surface area (TPSA) is 49.4 Å². The van der Waals surface area contributed by atoms with Crippen molar-refractivity contribution in [3.05, 3.63) is 58.1 Å². The summed E-state index contributed by atoms with van der Waals surface area (Å²) in [4.78, 5) is 25.7. The van der Waals surface area contributed by atoms with Crippen LogP contribution < -0.4 is 10.2 Å². The molecule has 0 aliphatic heterocycles. The van der Waals surface area contributed by atoms with Crippen LogP contribution in [0.1, 0.15) is 24.5 Å². The SMILES string of the molecule is CC(=O)N(CCC(=O)Nc1cccc(C)c1)c1ccc(Br)c(C)c1. The van der Waals surface area contributed by atoms with E-state index in [1.807, 2.05) is 56.3 Å². The molecule has 0 bridgehead atoms. The number of nitrogens with one attached hydrogen (secondary N) is 1. The van der Waals surface area contributed by atoms with Crippen molar-refractivity contribution in [1.29, 1.82) is 0 Å². The highest BCUT2D eigenvalue weighted by Gasteiger charge is 2.14. The predicted molar refractivity (Wildman–Crippen MR) is 101 cm³/mol. The fraction of sp³-hybridized carbons (Fsp3) is 0.263. The van der Waals surface area contributed by atoms with Crippen LogP contribution in [0.15, 0.2) is 46.9 Å². The van der Waals surface area contributed by atoms with Gasteiger partial charge in [-0.25, -0.2) is 0 Å². The number of carbonyl (C=O) groups is 2. The molecule has 0 fully saturated rings. The van der Waals surface area contributed by atoms with Crippen LogP contribution in [-0.2, 0) is 9.59 Å². The molecule has 5 heteroatoms. The van der Waals surface area contributed by atoms with E-state index in [2.05, 4.69) is 21.2 Å². The summed E-state index contributed by atoms with van der Waals surface area (Å²) in [7, 11) is 0. The second kappa shape index (κ2) is 8.11. The molecule has 2 rings (SSSR count). The summed E-state index contributed by atoms with van der Waals surface area (Å²) in [6.45, 7) is 5.79. The van der Waals surface area contributed by atoms with Crippen molar-refractivity contribution in [2.45, 2.75) is 27.2 Å². The summed E-state index contributed by atoms with van der Waals surface area (Å²) in [5, 5.41) is 2.86. The zero-order valence-electron chi connectivity index (χ0n) is 14.1. The van der Waals surface area contributed by atoms with E-state index in [0.29, 0.717) is 6.54 Å². The van der Waals surface area contributed by atoms with Crippen molar-refractivity contribution in [2.24, 2.45) is 0 Å². The molecule has 0 atom stereocenters. The molecule has 1 N–H and O–H groups in total. The van der Waals surface area contributed by atoms with Gasteiger partial charge in [0, 0.05) is 35.7 Å². The van der Waals surface area contributed by atoms with Crippen molar-refractivity contribution >= 4 is 39.1 Å². The fourth-order valence-corrected chi connectivity index (χ4v) is 2.67. The molecule has 2 amide bonds. The van der Waals surface area contributed by atoms with Crippen LogP contribution in [0.25, 0.3) is 0 Å². The number of hydrogen-bond donors (Lipinski definition) is 1. The monoisotopic (exact) mass is 388 g/mol. The zero-order chi connectivity index (χ0) is 17.7. The number of halogens is 1. The molecule has 0 aromatic heterocycles. The molecule has 0 aliphatic carbocycles. The standard InChI is InChI=1S/C19H21BrN2O2/c1-13-5-4-6-16(11-13)21-19(24)9-10-22(15(3)23)17-7-8-18(20)14(2)12-17/h4-8,11-12H,9-10H2,1-3H3,(H,21,24). The molecule has 0 saturated carbocycles. The Bertz CT molecular complexity index is 759. The number of anilines is 2. The molecule has 2 aromatic carbocycles. The molecule has 0 saturated heterocycles. The van der Waals surface area contributed by atoms with Gasteiger partial charge >= 0.3 is 0 Å². The van der Waals surface area contributed by atoms with Gasteiger partial charge in [-0.2, -0.15) is 0 Å². The summed E-state index contributed by atoms with van der Waals surface area (Å²) in [5.74, 6) is -0.194. The molecular formula is C19H21BrN2O2. The van der Waals surface area contributed by atoms with E-state index >= 15 is 0 Å². The molecule has 0 spiro atoms. The van der Waals surface area contributed by atoms with E-state index < -0.39 is 0 Å². The molecule has 2 aromatic rings. The summed E-state index contributed by atoms with van der Waals surface area (Å²) < 4.78 is 0.993. The third kappa shape index (κ3) is 4.93. The van der Waals surface area contributed by atoms with Gasteiger partial charge in [0.25, 0.3) is 0 Å². The van der Waals surface area contributed by atoms with Crippen LogP contribution in [0.4, 0.5) is 11.4 Å². The van der Waals surface area contributed by atoms with E-state index in [9.17, 15) is 9.59 Å². The number of nitrogens with zero attached hydrogens (tertiary/aromatic N) is 1. The second-order valence-corrected chi connectivity index (χ2v) is 6.63. The number of rotatable bonds is 5. The first-order chi connectivity index (χ1) is 11.4. The summed E-state index contributed by atoms with van der Waals surface area (Å²) in [6.07, 6.45) is 0.239. The Morgan fingerprint density at radius 2 is 1.88 bits per heavy atom. The molecular weight excluding hydrogens is 368 g/mol. The quantitative estimate of drug-likeness (QED) is 0.822. The molecule has 0 heterocycles. The van der Waals surface area contributed by atoms with Crippen molar-refractivity contribution in [3.8, 4) is 0 Å². The first-order valence-electron chi connectivity index (χ1n) is 7.77. The highest BCUT2D eigenvalue weighted by Crippen LogP contribution is 2.23. The van der Waals surface area contributed by atoms with Crippen LogP contribution in [0.2, 0.25) is 0 Å². The van der Waals surface area contributed by atoms with Gasteiger partial charge in [-0.05, 0) is 55.3 Å². The number of carbonyl (C=O) groups excluding carboxylic acids is 2. The predicted octanol–water partition coefficient (Wildman–Crippen LogP) is 4.45. The number of aryl methyl sites for hydroxylation is 2. The van der Waals surface area contributed by atoms with Gasteiger partial charge in [0.05, 0.1) is 0 Å². The molecule has 0 radical (unpaired) electrons. The average molecular weight is 389 g/mol. The van der Waals surface area contributed by atoms with E-state index in [0.717, 1.165) is 27.0 Å². The lowest BCUT2D eigenvalue weighted by Crippen LogP contribution is -2.32. The van der Waals surface area contributed by atoms with Crippen molar-refractivity contribution < 1.29 is 9.59 Å². The molecule has 0 aliphatic rings. The van der Waals surface area contributed by atoms with Crippen molar-refractivity contribution in [2.75, 3.05) is 16.8 Å². The van der Waals surface area contributed by atoms with Crippen LogP contribution in [0.3, 0.4) is 0 Å². The van der Waals surface area contributed by atoms with E-state index in [1.165, 1.54) is 6.92 Å². The molecule has 4 nitrogen and oxygen atoms in total. The third-order valence-corrected chi connectivity index (χ3v) is 4.59. The maximum atomic E-state index is 12.1. The first-order valence-corrected chi connectivity index (χ1v) is 8.57. The number of hydrogen-bond acceptors (Lipinski definition) is 2. The van der Waals surface area contributed by atoms with Crippen LogP contribution >= 0.6 is 15.9 Å². The average Bonchev–Trinajstić information content (AvgIpc) is 2.50. The van der Waals surface area contributed by atoms with Gasteiger partial charge < -0.3 is 10.2 Å². The lowest BCUT2D eigenvalue weighted by Gasteiger charge is -2.21. The third-order valence-electron chi connectivity index (χ3n) is 3.70. The van der Waals surface area contributed by atoms with Crippen molar-refractivity contribution in [3.63, 3.8) is 0 Å². The Balaban J connectivity index is 2.02. The lowest BCUT2D eigenvalue weighted by molar-refractivity contribution is -0.117. The van der Waals surface area contributed by atoms with Gasteiger partial charge in [-0.1, -0.05) is 28.1 Å². The zero-order valence-corrected chi connectivity index (χ0v) is 15.7. The lowest BCUT2D eigenvalue weighted by atomic mass is 10.2. The smallest absolute Gasteiger partial charge is 0.226 e.